The average Bonchev–Trinajstić information content (AvgIpc) is 2.65. The number of aromatic nitrogens is 2. The van der Waals surface area contributed by atoms with Gasteiger partial charge in [-0.25, -0.2) is 9.78 Å². The van der Waals surface area contributed by atoms with Crippen LogP contribution in [0.2, 0.25) is 0 Å². The number of H-pyrrole nitrogens is 1. The highest BCUT2D eigenvalue weighted by atomic mass is 127. The normalized spacial score (nSPS) is 32.9. The molecular weight excluding hydrogens is 309 g/mol. The maximum atomic E-state index is 11.1. The van der Waals surface area contributed by atoms with Crippen LogP contribution in [0.1, 0.15) is 24.7 Å². The highest BCUT2D eigenvalue weighted by Gasteiger charge is 2.55. The van der Waals surface area contributed by atoms with Crippen LogP contribution in [0.5, 0.6) is 0 Å². The molecule has 1 aliphatic carbocycles. The van der Waals surface area contributed by atoms with Crippen LogP contribution in [0, 0.1) is 9.62 Å². The number of carbonyl (C=O) groups is 1. The minimum atomic E-state index is -0.823. The lowest BCUT2D eigenvalue weighted by Crippen LogP contribution is -2.32. The van der Waals surface area contributed by atoms with Crippen LogP contribution in [0.4, 0.5) is 4.79 Å². The van der Waals surface area contributed by atoms with Gasteiger partial charge in [-0.05, 0) is 41.4 Å². The Morgan fingerprint density at radius 2 is 2.47 bits per heavy atom. The predicted octanol–water partition coefficient (Wildman–Crippen LogP) is 1.83. The molecule has 0 bridgehead atoms. The van der Waals surface area contributed by atoms with E-state index in [2.05, 4.69) is 32.6 Å². The van der Waals surface area contributed by atoms with Gasteiger partial charge in [0.25, 0.3) is 0 Å². The molecule has 1 saturated carbocycles. The molecule has 15 heavy (non-hydrogen) atoms. The smallest absolute Gasteiger partial charge is 0.408 e. The van der Waals surface area contributed by atoms with Gasteiger partial charge in [0.05, 0.1) is 15.9 Å². The van der Waals surface area contributed by atoms with Gasteiger partial charge in [0.15, 0.2) is 0 Å². The van der Waals surface area contributed by atoms with Crippen molar-refractivity contribution < 1.29 is 9.90 Å². The Balaban J connectivity index is 1.90. The third-order valence-electron chi connectivity index (χ3n) is 3.21. The van der Waals surface area contributed by atoms with Crippen molar-refractivity contribution in [1.82, 2.24) is 14.9 Å². The van der Waals surface area contributed by atoms with Crippen LogP contribution in [-0.2, 0) is 0 Å². The molecule has 1 aliphatic heterocycles. The van der Waals surface area contributed by atoms with Crippen LogP contribution in [0.25, 0.3) is 0 Å². The van der Waals surface area contributed by atoms with E-state index >= 15 is 0 Å². The summed E-state index contributed by atoms with van der Waals surface area (Å²) in [6.45, 7) is 0. The molecule has 2 aliphatic rings. The van der Waals surface area contributed by atoms with E-state index in [0.29, 0.717) is 5.92 Å². The fraction of sp³-hybridized carbons (Fsp3) is 0.556. The standard InChI is InChI=1S/C9H10IN3O2/c10-7-3-11-8(12-7)6-2-4-1-5(4)13(6)9(14)15/h3-6H,1-2H2,(H,11,12)(H,14,15)/t4-,5-,6+/m1/s1. The molecule has 0 radical (unpaired) electrons. The maximum absolute atomic E-state index is 11.1. The fourth-order valence-electron chi connectivity index (χ4n) is 2.46. The second-order valence-electron chi connectivity index (χ2n) is 4.12. The number of nitrogens with one attached hydrogen (secondary N) is 1. The summed E-state index contributed by atoms with van der Waals surface area (Å²) in [7, 11) is 0. The summed E-state index contributed by atoms with van der Waals surface area (Å²) in [5, 5.41) is 9.13. The van der Waals surface area contributed by atoms with Crippen molar-refractivity contribution in [3.05, 3.63) is 15.7 Å². The average molecular weight is 319 g/mol. The molecule has 3 atom stereocenters. The van der Waals surface area contributed by atoms with E-state index < -0.39 is 6.09 Å². The number of hydrogen-bond donors (Lipinski definition) is 2. The summed E-state index contributed by atoms with van der Waals surface area (Å²) in [4.78, 5) is 20.0. The Hall–Kier alpha value is -0.790. The summed E-state index contributed by atoms with van der Waals surface area (Å²) in [5.41, 5.74) is 0. The van der Waals surface area contributed by atoms with E-state index in [1.807, 2.05) is 0 Å². The minimum absolute atomic E-state index is 0.0604. The molecule has 1 saturated heterocycles. The van der Waals surface area contributed by atoms with Crippen LogP contribution in [0.15, 0.2) is 6.20 Å². The second-order valence-corrected chi connectivity index (χ2v) is 5.28. The van der Waals surface area contributed by atoms with Crippen molar-refractivity contribution in [2.75, 3.05) is 0 Å². The Kier molecular flexibility index (Phi) is 1.95. The summed E-state index contributed by atoms with van der Waals surface area (Å²) in [6, 6.07) is 0.185. The first-order chi connectivity index (χ1) is 7.16. The van der Waals surface area contributed by atoms with Crippen molar-refractivity contribution in [1.29, 1.82) is 0 Å². The first-order valence-electron chi connectivity index (χ1n) is 4.88. The Morgan fingerprint density at radius 1 is 1.67 bits per heavy atom. The molecule has 1 aromatic rings. The first-order valence-corrected chi connectivity index (χ1v) is 5.96. The third-order valence-corrected chi connectivity index (χ3v) is 3.75. The Labute approximate surface area is 100 Å². The number of aromatic amines is 1. The highest BCUT2D eigenvalue weighted by molar-refractivity contribution is 14.1. The third kappa shape index (κ3) is 1.42. The zero-order valence-electron chi connectivity index (χ0n) is 7.85. The topological polar surface area (TPSA) is 69.2 Å². The number of rotatable bonds is 1. The monoisotopic (exact) mass is 319 g/mol. The fourth-order valence-corrected chi connectivity index (χ4v) is 2.87. The number of hydrogen-bond acceptors (Lipinski definition) is 2. The number of nitrogens with zero attached hydrogens (tertiary/aromatic N) is 2. The molecule has 2 fully saturated rings. The molecule has 2 heterocycles. The van der Waals surface area contributed by atoms with E-state index in [1.165, 1.54) is 0 Å². The molecule has 1 amide bonds. The molecule has 3 rings (SSSR count). The summed E-state index contributed by atoms with van der Waals surface area (Å²) < 4.78 is 0.952. The Bertz CT molecular complexity index is 419. The van der Waals surface area contributed by atoms with Crippen molar-refractivity contribution >= 4 is 28.7 Å². The second kappa shape index (κ2) is 3.10. The summed E-state index contributed by atoms with van der Waals surface area (Å²) in [6.07, 6.45) is 2.86. The molecule has 80 valence electrons. The van der Waals surface area contributed by atoms with Gasteiger partial charge >= 0.3 is 6.09 Å². The van der Waals surface area contributed by atoms with Gasteiger partial charge in [0.2, 0.25) is 0 Å². The first kappa shape index (κ1) is 9.44. The van der Waals surface area contributed by atoms with E-state index in [-0.39, 0.29) is 12.1 Å². The van der Waals surface area contributed by atoms with E-state index in [9.17, 15) is 4.79 Å². The highest BCUT2D eigenvalue weighted by Crippen LogP contribution is 2.52. The van der Waals surface area contributed by atoms with E-state index in [1.54, 1.807) is 11.1 Å². The van der Waals surface area contributed by atoms with Gasteiger partial charge in [0, 0.05) is 6.04 Å². The largest absolute Gasteiger partial charge is 0.465 e. The number of carboxylic acid groups (broad SMARTS) is 1. The van der Waals surface area contributed by atoms with Crippen LogP contribution in [0.3, 0.4) is 0 Å². The lowest BCUT2D eigenvalue weighted by Gasteiger charge is -2.22. The van der Waals surface area contributed by atoms with Gasteiger partial charge in [0.1, 0.15) is 5.82 Å². The van der Waals surface area contributed by atoms with Gasteiger partial charge in [-0.3, -0.25) is 4.90 Å². The lowest BCUT2D eigenvalue weighted by atomic mass is 10.1. The number of piperidine rings is 1. The lowest BCUT2D eigenvalue weighted by molar-refractivity contribution is 0.128. The zero-order chi connectivity index (χ0) is 10.6. The van der Waals surface area contributed by atoms with E-state index in [0.717, 1.165) is 22.4 Å². The quantitative estimate of drug-likeness (QED) is 0.776. The van der Waals surface area contributed by atoms with E-state index in [4.69, 9.17) is 5.11 Å². The van der Waals surface area contributed by atoms with Gasteiger partial charge in [-0.2, -0.15) is 0 Å². The van der Waals surface area contributed by atoms with Crippen molar-refractivity contribution in [3.8, 4) is 0 Å². The van der Waals surface area contributed by atoms with Crippen molar-refractivity contribution in [2.24, 2.45) is 5.92 Å². The molecule has 0 unspecified atom stereocenters. The molecular formula is C9H10IN3O2. The Morgan fingerprint density at radius 3 is 3.07 bits per heavy atom. The van der Waals surface area contributed by atoms with Gasteiger partial charge in [-0.15, -0.1) is 0 Å². The van der Waals surface area contributed by atoms with Gasteiger partial charge < -0.3 is 10.1 Å². The maximum Gasteiger partial charge on any atom is 0.408 e. The SMILES string of the molecule is O=C(O)N1[C@@H]2C[C@@H]2C[C@H]1c1ncc(I)[nH]1. The molecule has 5 nitrogen and oxygen atoms in total. The van der Waals surface area contributed by atoms with Crippen molar-refractivity contribution in [2.45, 2.75) is 24.9 Å². The molecule has 1 aromatic heterocycles. The predicted molar refractivity (Wildman–Crippen MR) is 60.4 cm³/mol. The number of fused-ring (bicyclic) bond motifs is 1. The molecule has 2 N–H and O–H groups in total. The van der Waals surface area contributed by atoms with Crippen LogP contribution < -0.4 is 0 Å². The summed E-state index contributed by atoms with van der Waals surface area (Å²) in [5.74, 6) is 1.35. The summed E-state index contributed by atoms with van der Waals surface area (Å²) >= 11 is 2.14. The van der Waals surface area contributed by atoms with Crippen molar-refractivity contribution in [3.63, 3.8) is 0 Å². The number of imidazole rings is 1. The molecule has 0 spiro atoms. The minimum Gasteiger partial charge on any atom is -0.465 e. The van der Waals surface area contributed by atoms with Gasteiger partial charge in [-0.1, -0.05) is 0 Å². The molecule has 0 aromatic carbocycles. The van der Waals surface area contributed by atoms with Crippen LogP contribution >= 0.6 is 22.6 Å². The number of amides is 1. The zero-order valence-corrected chi connectivity index (χ0v) is 10.0. The number of likely N-dealkylation sites (tertiary alicyclic amines) is 1. The molecule has 6 heteroatoms. The number of halogens is 1. The van der Waals surface area contributed by atoms with Crippen LogP contribution in [-0.4, -0.2) is 32.1 Å².